The maximum absolute atomic E-state index is 12.0. The number of benzene rings is 1. The quantitative estimate of drug-likeness (QED) is 0.762. The van der Waals surface area contributed by atoms with Crippen LogP contribution in [-0.4, -0.2) is 15.9 Å². The van der Waals surface area contributed by atoms with Crippen molar-refractivity contribution >= 4 is 22.5 Å². The first kappa shape index (κ1) is 11.4. The van der Waals surface area contributed by atoms with Crippen molar-refractivity contribution in [1.82, 2.24) is 9.97 Å². The summed E-state index contributed by atoms with van der Waals surface area (Å²) in [6.07, 6.45) is 3.10. The minimum Gasteiger partial charge on any atom is -0.436 e. The van der Waals surface area contributed by atoms with Crippen LogP contribution >= 0.6 is 0 Å². The predicted octanol–water partition coefficient (Wildman–Crippen LogP) is 2.78. The molecule has 3 rings (SSSR count). The summed E-state index contributed by atoms with van der Waals surface area (Å²) in [6, 6.07) is 9.41. The molecule has 0 fully saturated rings. The van der Waals surface area contributed by atoms with Crippen LogP contribution in [0.5, 0.6) is 0 Å². The summed E-state index contributed by atoms with van der Waals surface area (Å²) in [5, 5.41) is 3.75. The lowest BCUT2D eigenvalue weighted by Crippen LogP contribution is -2.11. The van der Waals surface area contributed by atoms with Crippen molar-refractivity contribution in [2.45, 2.75) is 6.92 Å². The third-order valence-corrected chi connectivity index (χ3v) is 2.73. The Morgan fingerprint density at radius 1 is 1.21 bits per heavy atom. The van der Waals surface area contributed by atoms with E-state index in [1.165, 1.54) is 6.20 Å². The number of carbonyl (C=O) groups is 1. The van der Waals surface area contributed by atoms with Crippen LogP contribution in [0.15, 0.2) is 47.1 Å². The van der Waals surface area contributed by atoms with Crippen molar-refractivity contribution in [3.05, 3.63) is 54.4 Å². The first-order valence-corrected chi connectivity index (χ1v) is 5.81. The lowest BCUT2D eigenvalue weighted by atomic mass is 10.2. The van der Waals surface area contributed by atoms with E-state index in [-0.39, 0.29) is 11.7 Å². The van der Waals surface area contributed by atoms with Gasteiger partial charge in [0.15, 0.2) is 5.89 Å². The van der Waals surface area contributed by atoms with Gasteiger partial charge in [-0.2, -0.15) is 0 Å². The van der Waals surface area contributed by atoms with Crippen LogP contribution in [0.25, 0.3) is 10.9 Å². The lowest BCUT2D eigenvalue weighted by molar-refractivity contribution is 0.0995. The molecule has 0 bridgehead atoms. The number of pyridine rings is 1. The van der Waals surface area contributed by atoms with Crippen molar-refractivity contribution in [3.8, 4) is 0 Å². The zero-order chi connectivity index (χ0) is 13.2. The molecule has 0 spiro atoms. The molecular formula is C14H11N3O2. The Hall–Kier alpha value is -2.69. The average Bonchev–Trinajstić information content (AvgIpc) is 2.86. The van der Waals surface area contributed by atoms with Crippen LogP contribution in [0, 0.1) is 6.92 Å². The second-order valence-corrected chi connectivity index (χ2v) is 4.08. The zero-order valence-electron chi connectivity index (χ0n) is 10.3. The third kappa shape index (κ3) is 2.18. The van der Waals surface area contributed by atoms with E-state index in [9.17, 15) is 4.79 Å². The monoisotopic (exact) mass is 253 g/mol. The molecule has 0 aliphatic rings. The second-order valence-electron chi connectivity index (χ2n) is 4.08. The number of rotatable bonds is 2. The molecule has 0 atom stereocenters. The first-order chi connectivity index (χ1) is 9.24. The van der Waals surface area contributed by atoms with Crippen LogP contribution in [0.2, 0.25) is 0 Å². The summed E-state index contributed by atoms with van der Waals surface area (Å²) in [7, 11) is 0. The summed E-state index contributed by atoms with van der Waals surface area (Å²) in [6.45, 7) is 1.69. The maximum Gasteiger partial charge on any atom is 0.293 e. The van der Waals surface area contributed by atoms with E-state index in [0.717, 1.165) is 10.9 Å². The molecule has 0 aliphatic carbocycles. The highest BCUT2D eigenvalue weighted by Crippen LogP contribution is 2.21. The van der Waals surface area contributed by atoms with E-state index in [1.807, 2.05) is 24.3 Å². The van der Waals surface area contributed by atoms with Crippen molar-refractivity contribution in [1.29, 1.82) is 0 Å². The van der Waals surface area contributed by atoms with Crippen LogP contribution in [0.1, 0.15) is 16.4 Å². The Morgan fingerprint density at radius 2 is 2.05 bits per heavy atom. The molecule has 1 N–H and O–H groups in total. The number of carbonyl (C=O) groups excluding carboxylic acids is 1. The van der Waals surface area contributed by atoms with Crippen LogP contribution < -0.4 is 5.32 Å². The summed E-state index contributed by atoms with van der Waals surface area (Å²) in [5.74, 6) is 0.311. The molecule has 5 nitrogen and oxygen atoms in total. The molecule has 1 amide bonds. The number of aryl methyl sites for hydroxylation is 1. The van der Waals surface area contributed by atoms with Gasteiger partial charge >= 0.3 is 0 Å². The van der Waals surface area contributed by atoms with Crippen LogP contribution in [0.3, 0.4) is 0 Å². The Balaban J connectivity index is 1.95. The van der Waals surface area contributed by atoms with Gasteiger partial charge in [-0.15, -0.1) is 0 Å². The molecule has 3 aromatic rings. The van der Waals surface area contributed by atoms with Crippen molar-refractivity contribution in [2.24, 2.45) is 0 Å². The highest BCUT2D eigenvalue weighted by Gasteiger charge is 2.12. The summed E-state index contributed by atoms with van der Waals surface area (Å²) >= 11 is 0. The summed E-state index contributed by atoms with van der Waals surface area (Å²) in [4.78, 5) is 20.2. The van der Waals surface area contributed by atoms with Gasteiger partial charge in [-0.3, -0.25) is 9.78 Å². The van der Waals surface area contributed by atoms with Crippen LogP contribution in [0.4, 0.5) is 5.69 Å². The van der Waals surface area contributed by atoms with Gasteiger partial charge in [0.25, 0.3) is 5.91 Å². The van der Waals surface area contributed by atoms with Crippen LogP contribution in [-0.2, 0) is 0 Å². The molecule has 0 saturated heterocycles. The second kappa shape index (κ2) is 4.53. The summed E-state index contributed by atoms with van der Waals surface area (Å²) < 4.78 is 5.19. The molecule has 5 heteroatoms. The van der Waals surface area contributed by atoms with E-state index in [2.05, 4.69) is 15.3 Å². The average molecular weight is 253 g/mol. The highest BCUT2D eigenvalue weighted by atomic mass is 16.4. The van der Waals surface area contributed by atoms with Crippen molar-refractivity contribution in [2.75, 3.05) is 5.32 Å². The minimum atomic E-state index is -0.334. The fourth-order valence-corrected chi connectivity index (χ4v) is 1.86. The molecule has 19 heavy (non-hydrogen) atoms. The number of para-hydroxylation sites is 1. The fraction of sp³-hybridized carbons (Fsp3) is 0.0714. The number of anilines is 1. The Morgan fingerprint density at radius 3 is 2.84 bits per heavy atom. The van der Waals surface area contributed by atoms with E-state index < -0.39 is 0 Å². The number of oxazole rings is 1. The molecule has 2 aromatic heterocycles. The number of hydrogen-bond acceptors (Lipinski definition) is 4. The van der Waals surface area contributed by atoms with Crippen molar-refractivity contribution in [3.63, 3.8) is 0 Å². The lowest BCUT2D eigenvalue weighted by Gasteiger charge is -2.06. The van der Waals surface area contributed by atoms with Gasteiger partial charge in [-0.05, 0) is 12.1 Å². The number of amides is 1. The van der Waals surface area contributed by atoms with E-state index in [1.54, 1.807) is 19.2 Å². The number of fused-ring (bicyclic) bond motifs is 1. The predicted molar refractivity (Wildman–Crippen MR) is 70.9 cm³/mol. The normalized spacial score (nSPS) is 10.6. The SMILES string of the molecule is Cc1ncc(C(=O)Nc2cccc3cccnc23)o1. The smallest absolute Gasteiger partial charge is 0.293 e. The number of nitrogens with zero attached hydrogens (tertiary/aromatic N) is 2. The molecule has 1 aromatic carbocycles. The Labute approximate surface area is 109 Å². The summed E-state index contributed by atoms with van der Waals surface area (Å²) in [5.41, 5.74) is 1.40. The highest BCUT2D eigenvalue weighted by molar-refractivity contribution is 6.06. The van der Waals surface area contributed by atoms with E-state index >= 15 is 0 Å². The number of hydrogen-bond donors (Lipinski definition) is 1. The standard InChI is InChI=1S/C14H11N3O2/c1-9-16-8-12(19-9)14(18)17-11-6-2-4-10-5-3-7-15-13(10)11/h2-8H,1H3,(H,17,18). The minimum absolute atomic E-state index is 0.186. The number of nitrogens with one attached hydrogen (secondary N) is 1. The van der Waals surface area contributed by atoms with Gasteiger partial charge in [0.2, 0.25) is 5.76 Å². The molecular weight excluding hydrogens is 242 g/mol. The van der Waals surface area contributed by atoms with Gasteiger partial charge in [-0.25, -0.2) is 4.98 Å². The van der Waals surface area contributed by atoms with E-state index in [4.69, 9.17) is 4.42 Å². The maximum atomic E-state index is 12.0. The Kier molecular flexibility index (Phi) is 2.72. The van der Waals surface area contributed by atoms with Gasteiger partial charge in [0.05, 0.1) is 17.4 Å². The molecule has 2 heterocycles. The van der Waals surface area contributed by atoms with Gasteiger partial charge in [0, 0.05) is 18.5 Å². The molecule has 0 saturated carbocycles. The fourth-order valence-electron chi connectivity index (χ4n) is 1.86. The molecule has 0 radical (unpaired) electrons. The van der Waals surface area contributed by atoms with E-state index in [0.29, 0.717) is 11.6 Å². The first-order valence-electron chi connectivity index (χ1n) is 5.81. The van der Waals surface area contributed by atoms with Gasteiger partial charge in [0.1, 0.15) is 0 Å². The zero-order valence-corrected chi connectivity index (χ0v) is 10.3. The van der Waals surface area contributed by atoms with Gasteiger partial charge in [-0.1, -0.05) is 18.2 Å². The third-order valence-electron chi connectivity index (χ3n) is 2.73. The Bertz CT molecular complexity index is 744. The van der Waals surface area contributed by atoms with Gasteiger partial charge < -0.3 is 9.73 Å². The number of aromatic nitrogens is 2. The molecule has 0 unspecified atom stereocenters. The topological polar surface area (TPSA) is 68.0 Å². The molecule has 0 aliphatic heterocycles. The largest absolute Gasteiger partial charge is 0.436 e. The molecule has 94 valence electrons. The van der Waals surface area contributed by atoms with Crippen molar-refractivity contribution < 1.29 is 9.21 Å².